The summed E-state index contributed by atoms with van der Waals surface area (Å²) in [7, 11) is 0. The van der Waals surface area contributed by atoms with Gasteiger partial charge in [0.15, 0.2) is 5.78 Å². The Morgan fingerprint density at radius 3 is 2.71 bits per heavy atom. The second-order valence-electron chi connectivity index (χ2n) is 4.30. The zero-order valence-corrected chi connectivity index (χ0v) is 9.63. The van der Waals surface area contributed by atoms with E-state index < -0.39 is 17.7 Å². The minimum Gasteiger partial charge on any atom is -0.370 e. The van der Waals surface area contributed by atoms with E-state index in [9.17, 15) is 13.6 Å². The van der Waals surface area contributed by atoms with Crippen molar-refractivity contribution in [2.75, 3.05) is 6.61 Å². The molecule has 0 saturated carbocycles. The van der Waals surface area contributed by atoms with Gasteiger partial charge in [0.05, 0.1) is 5.56 Å². The van der Waals surface area contributed by atoms with Gasteiger partial charge >= 0.3 is 0 Å². The summed E-state index contributed by atoms with van der Waals surface area (Å²) in [6, 6.07) is 2.01. The van der Waals surface area contributed by atoms with Gasteiger partial charge in [0.25, 0.3) is 0 Å². The number of halogens is 2. The van der Waals surface area contributed by atoms with Gasteiger partial charge in [0.1, 0.15) is 17.7 Å². The first kappa shape index (κ1) is 12.2. The Hall–Kier alpha value is -1.29. The Balaban J connectivity index is 2.26. The van der Waals surface area contributed by atoms with E-state index in [-0.39, 0.29) is 16.9 Å². The van der Waals surface area contributed by atoms with Crippen LogP contribution in [0.4, 0.5) is 8.78 Å². The summed E-state index contributed by atoms with van der Waals surface area (Å²) in [6.45, 7) is 2.03. The van der Waals surface area contributed by atoms with Crippen molar-refractivity contribution in [2.24, 2.45) is 0 Å². The molecule has 1 atom stereocenters. The maximum atomic E-state index is 13.5. The molecule has 0 radical (unpaired) electrons. The maximum absolute atomic E-state index is 13.5. The molecule has 17 heavy (non-hydrogen) atoms. The summed E-state index contributed by atoms with van der Waals surface area (Å²) < 4.78 is 31.9. The highest BCUT2D eigenvalue weighted by Crippen LogP contribution is 2.21. The fourth-order valence-corrected chi connectivity index (χ4v) is 1.97. The largest absolute Gasteiger partial charge is 0.370 e. The topological polar surface area (TPSA) is 26.3 Å². The minimum absolute atomic E-state index is 0.0733. The number of aryl methyl sites for hydroxylation is 1. The molecule has 0 aromatic heterocycles. The minimum atomic E-state index is -0.813. The van der Waals surface area contributed by atoms with Crippen molar-refractivity contribution >= 4 is 5.78 Å². The van der Waals surface area contributed by atoms with Crippen molar-refractivity contribution in [2.45, 2.75) is 32.3 Å². The standard InChI is InChI=1S/C13H14F2O2/c1-8-6-9(11(15)7-10(8)14)13(16)12-4-2-3-5-17-12/h6-7,12H,2-5H2,1H3. The number of carbonyl (C=O) groups is 1. The van der Waals surface area contributed by atoms with Crippen LogP contribution in [0.1, 0.15) is 35.2 Å². The van der Waals surface area contributed by atoms with Gasteiger partial charge in [0, 0.05) is 12.7 Å². The Morgan fingerprint density at radius 2 is 2.06 bits per heavy atom. The molecule has 2 rings (SSSR count). The molecule has 1 aliphatic rings. The lowest BCUT2D eigenvalue weighted by molar-refractivity contribution is 0.0183. The summed E-state index contributed by atoms with van der Waals surface area (Å²) in [5, 5.41) is 0. The third-order valence-corrected chi connectivity index (χ3v) is 2.99. The molecular formula is C13H14F2O2. The van der Waals surface area contributed by atoms with E-state index >= 15 is 0 Å². The van der Waals surface area contributed by atoms with Crippen molar-refractivity contribution in [3.8, 4) is 0 Å². The van der Waals surface area contributed by atoms with Gasteiger partial charge in [0.2, 0.25) is 0 Å². The van der Waals surface area contributed by atoms with Crippen LogP contribution in [0.3, 0.4) is 0 Å². The van der Waals surface area contributed by atoms with E-state index in [2.05, 4.69) is 0 Å². The van der Waals surface area contributed by atoms with Crippen molar-refractivity contribution in [3.63, 3.8) is 0 Å². The second kappa shape index (κ2) is 4.92. The smallest absolute Gasteiger partial charge is 0.194 e. The van der Waals surface area contributed by atoms with Gasteiger partial charge in [-0.25, -0.2) is 8.78 Å². The zero-order valence-electron chi connectivity index (χ0n) is 9.63. The van der Waals surface area contributed by atoms with Gasteiger partial charge < -0.3 is 4.74 Å². The van der Waals surface area contributed by atoms with Crippen molar-refractivity contribution in [1.82, 2.24) is 0 Å². The van der Waals surface area contributed by atoms with Crippen LogP contribution in [-0.2, 0) is 4.74 Å². The molecule has 4 heteroatoms. The Labute approximate surface area is 98.6 Å². The first-order chi connectivity index (χ1) is 8.09. The van der Waals surface area contributed by atoms with Crippen LogP contribution in [-0.4, -0.2) is 18.5 Å². The summed E-state index contributed by atoms with van der Waals surface area (Å²) >= 11 is 0. The predicted octanol–water partition coefficient (Wildman–Crippen LogP) is 3.03. The SMILES string of the molecule is Cc1cc(C(=O)C2CCCCO2)c(F)cc1F. The van der Waals surface area contributed by atoms with Crippen LogP contribution >= 0.6 is 0 Å². The highest BCUT2D eigenvalue weighted by Gasteiger charge is 2.26. The normalized spacial score (nSPS) is 20.3. The Morgan fingerprint density at radius 1 is 1.29 bits per heavy atom. The number of ketones is 1. The molecule has 1 aliphatic heterocycles. The number of Topliss-reactive ketones (excluding diaryl/α,β-unsaturated/α-hetero) is 1. The summed E-state index contributed by atoms with van der Waals surface area (Å²) in [5.74, 6) is -1.83. The number of benzene rings is 1. The summed E-state index contributed by atoms with van der Waals surface area (Å²) in [5.41, 5.74) is 0.196. The van der Waals surface area contributed by atoms with Crippen molar-refractivity contribution in [3.05, 3.63) is 34.9 Å². The van der Waals surface area contributed by atoms with Gasteiger partial charge in [-0.15, -0.1) is 0 Å². The molecule has 0 spiro atoms. The molecule has 92 valence electrons. The van der Waals surface area contributed by atoms with E-state index in [4.69, 9.17) is 4.74 Å². The second-order valence-corrected chi connectivity index (χ2v) is 4.30. The van der Waals surface area contributed by atoms with E-state index in [1.54, 1.807) is 0 Å². The van der Waals surface area contributed by atoms with Crippen LogP contribution in [0.15, 0.2) is 12.1 Å². The summed E-state index contributed by atoms with van der Waals surface area (Å²) in [4.78, 5) is 12.0. The molecule has 0 bridgehead atoms. The molecule has 0 amide bonds. The van der Waals surface area contributed by atoms with Gasteiger partial charge in [-0.3, -0.25) is 4.79 Å². The monoisotopic (exact) mass is 240 g/mol. The lowest BCUT2D eigenvalue weighted by Crippen LogP contribution is -2.29. The van der Waals surface area contributed by atoms with Crippen molar-refractivity contribution in [1.29, 1.82) is 0 Å². The van der Waals surface area contributed by atoms with Crippen LogP contribution in [0.5, 0.6) is 0 Å². The molecule has 1 saturated heterocycles. The first-order valence-corrected chi connectivity index (χ1v) is 5.71. The number of rotatable bonds is 2. The first-order valence-electron chi connectivity index (χ1n) is 5.71. The highest BCUT2D eigenvalue weighted by molar-refractivity contribution is 5.99. The molecule has 0 aliphatic carbocycles. The Kier molecular flexibility index (Phi) is 3.52. The van der Waals surface area contributed by atoms with E-state index in [1.165, 1.54) is 13.0 Å². The molecular weight excluding hydrogens is 226 g/mol. The third kappa shape index (κ3) is 2.52. The number of hydrogen-bond acceptors (Lipinski definition) is 2. The highest BCUT2D eigenvalue weighted by atomic mass is 19.1. The number of hydrogen-bond donors (Lipinski definition) is 0. The molecule has 2 nitrogen and oxygen atoms in total. The van der Waals surface area contributed by atoms with Crippen LogP contribution < -0.4 is 0 Å². The molecule has 1 unspecified atom stereocenters. The van der Waals surface area contributed by atoms with E-state index in [0.717, 1.165) is 18.9 Å². The average Bonchev–Trinajstić information content (AvgIpc) is 2.34. The van der Waals surface area contributed by atoms with Crippen LogP contribution in [0.2, 0.25) is 0 Å². The molecule has 1 fully saturated rings. The number of ether oxygens (including phenoxy) is 1. The van der Waals surface area contributed by atoms with Crippen molar-refractivity contribution < 1.29 is 18.3 Å². The quantitative estimate of drug-likeness (QED) is 0.743. The molecule has 1 aromatic rings. The predicted molar refractivity (Wildman–Crippen MR) is 59.0 cm³/mol. The number of carbonyl (C=O) groups excluding carboxylic acids is 1. The van der Waals surface area contributed by atoms with E-state index in [1.807, 2.05) is 0 Å². The zero-order chi connectivity index (χ0) is 12.4. The maximum Gasteiger partial charge on any atom is 0.194 e. The molecule has 0 N–H and O–H groups in total. The fraction of sp³-hybridized carbons (Fsp3) is 0.462. The van der Waals surface area contributed by atoms with Crippen LogP contribution in [0.25, 0.3) is 0 Å². The van der Waals surface area contributed by atoms with E-state index in [0.29, 0.717) is 13.0 Å². The lowest BCUT2D eigenvalue weighted by Gasteiger charge is -2.21. The molecule has 1 aromatic carbocycles. The lowest BCUT2D eigenvalue weighted by atomic mass is 9.98. The summed E-state index contributed by atoms with van der Waals surface area (Å²) in [6.07, 6.45) is 1.85. The van der Waals surface area contributed by atoms with Gasteiger partial charge in [-0.2, -0.15) is 0 Å². The van der Waals surface area contributed by atoms with Gasteiger partial charge in [-0.05, 0) is 37.8 Å². The fourth-order valence-electron chi connectivity index (χ4n) is 1.97. The third-order valence-electron chi connectivity index (χ3n) is 2.99. The average molecular weight is 240 g/mol. The Bertz CT molecular complexity index is 437. The van der Waals surface area contributed by atoms with Crippen LogP contribution in [0, 0.1) is 18.6 Å². The molecule has 1 heterocycles. The van der Waals surface area contributed by atoms with Gasteiger partial charge in [-0.1, -0.05) is 0 Å².